The predicted molar refractivity (Wildman–Crippen MR) is 132 cm³/mol. The Kier molecular flexibility index (Phi) is 8.13. The van der Waals surface area contributed by atoms with E-state index in [1.807, 2.05) is 0 Å². The van der Waals surface area contributed by atoms with Gasteiger partial charge in [0.05, 0.1) is 22.0 Å². The van der Waals surface area contributed by atoms with Crippen LogP contribution in [-0.4, -0.2) is 64.7 Å². The van der Waals surface area contributed by atoms with E-state index in [1.54, 1.807) is 0 Å². The van der Waals surface area contributed by atoms with Crippen LogP contribution >= 0.6 is 0 Å². The normalized spacial score (nSPS) is 16.2. The molecule has 1 amide bonds. The molecule has 3 rings (SSSR count). The van der Waals surface area contributed by atoms with Gasteiger partial charge in [-0.15, -0.1) is 0 Å². The van der Waals surface area contributed by atoms with Gasteiger partial charge in [-0.3, -0.25) is 14.4 Å². The van der Waals surface area contributed by atoms with Gasteiger partial charge in [0, 0.05) is 18.4 Å². The number of amides is 1. The van der Waals surface area contributed by atoms with Crippen molar-refractivity contribution in [2.24, 2.45) is 0 Å². The highest BCUT2D eigenvalue weighted by molar-refractivity contribution is 7.93. The van der Waals surface area contributed by atoms with E-state index in [9.17, 15) is 39.6 Å². The third-order valence-corrected chi connectivity index (χ3v) is 8.56. The number of alkyl halides is 3. The standard InChI is InChI=1S/C23H25F3N2O9S2/c1-22(2,23(24,25)26)37-21(31)27-14-7-9-19-18(11-14)28(13-15(36-19)8-10-20(29)30)39(34,35)17-6-4-5-16(12-17)38(3,32)33/h4-7,9,11-12,15H,8,10,13H2,1-3H3,(H,27,31)(H,29,30). The lowest BCUT2D eigenvalue weighted by atomic mass is 10.1. The van der Waals surface area contributed by atoms with Crippen LogP contribution in [0.4, 0.5) is 29.3 Å². The van der Waals surface area contributed by atoms with Gasteiger partial charge >= 0.3 is 18.2 Å². The van der Waals surface area contributed by atoms with Gasteiger partial charge in [-0.2, -0.15) is 13.2 Å². The number of anilines is 2. The second-order valence-corrected chi connectivity index (χ2v) is 13.0. The average Bonchev–Trinajstić information content (AvgIpc) is 2.80. The number of sulfone groups is 1. The second-order valence-electron chi connectivity index (χ2n) is 9.16. The fourth-order valence-electron chi connectivity index (χ4n) is 3.48. The summed E-state index contributed by atoms with van der Waals surface area (Å²) in [4.78, 5) is 22.6. The number of carbonyl (C=O) groups excluding carboxylic acids is 1. The van der Waals surface area contributed by atoms with E-state index in [-0.39, 0.29) is 46.3 Å². The van der Waals surface area contributed by atoms with Gasteiger partial charge in [0.25, 0.3) is 10.0 Å². The van der Waals surface area contributed by atoms with Gasteiger partial charge in [0.2, 0.25) is 5.60 Å². The summed E-state index contributed by atoms with van der Waals surface area (Å²) in [5, 5.41) is 11.2. The molecule has 0 saturated carbocycles. The molecule has 11 nitrogen and oxygen atoms in total. The first kappa shape index (κ1) is 30.0. The van der Waals surface area contributed by atoms with Crippen LogP contribution in [0, 0.1) is 0 Å². The highest BCUT2D eigenvalue weighted by Crippen LogP contribution is 2.40. The molecule has 2 aromatic rings. The smallest absolute Gasteiger partial charge is 0.427 e. The summed E-state index contributed by atoms with van der Waals surface area (Å²) in [6, 6.07) is 8.20. The number of carboxylic acid groups (broad SMARTS) is 1. The number of fused-ring (bicyclic) bond motifs is 1. The molecular weight excluding hydrogens is 569 g/mol. The van der Waals surface area contributed by atoms with Crippen molar-refractivity contribution in [3.05, 3.63) is 42.5 Å². The Morgan fingerprint density at radius 2 is 1.74 bits per heavy atom. The summed E-state index contributed by atoms with van der Waals surface area (Å²) in [5.74, 6) is -1.16. The first-order valence-electron chi connectivity index (χ1n) is 11.2. The Morgan fingerprint density at radius 1 is 1.10 bits per heavy atom. The van der Waals surface area contributed by atoms with E-state index in [0.717, 1.165) is 22.7 Å². The summed E-state index contributed by atoms with van der Waals surface area (Å²) in [6.07, 6.45) is -6.71. The minimum atomic E-state index is -4.86. The SMILES string of the molecule is CC(C)(OC(=O)Nc1ccc2c(c1)N(S(=O)(=O)c1cccc(S(C)(=O)=O)c1)CC(CCC(=O)O)O2)C(F)(F)F. The van der Waals surface area contributed by atoms with E-state index in [1.165, 1.54) is 30.3 Å². The number of hydrogen-bond donors (Lipinski definition) is 2. The maximum Gasteiger partial charge on any atom is 0.427 e. The number of aliphatic carboxylic acids is 1. The Morgan fingerprint density at radius 3 is 2.33 bits per heavy atom. The van der Waals surface area contributed by atoms with Gasteiger partial charge in [0.15, 0.2) is 9.84 Å². The number of ether oxygens (including phenoxy) is 2. The molecule has 16 heteroatoms. The molecule has 1 unspecified atom stereocenters. The molecule has 0 saturated heterocycles. The summed E-state index contributed by atoms with van der Waals surface area (Å²) >= 11 is 0. The molecule has 1 heterocycles. The van der Waals surface area contributed by atoms with Gasteiger partial charge in [-0.05, 0) is 56.7 Å². The molecule has 1 atom stereocenters. The first-order valence-corrected chi connectivity index (χ1v) is 14.6. The lowest BCUT2D eigenvalue weighted by Gasteiger charge is -2.35. The van der Waals surface area contributed by atoms with E-state index in [2.05, 4.69) is 10.1 Å². The van der Waals surface area contributed by atoms with Crippen LogP contribution in [0.1, 0.15) is 26.7 Å². The maximum absolute atomic E-state index is 13.7. The molecule has 0 bridgehead atoms. The van der Waals surface area contributed by atoms with Crippen LogP contribution in [0.25, 0.3) is 0 Å². The molecule has 0 aromatic heterocycles. The zero-order valence-electron chi connectivity index (χ0n) is 20.9. The molecule has 39 heavy (non-hydrogen) atoms. The summed E-state index contributed by atoms with van der Waals surface area (Å²) in [7, 11) is -8.24. The van der Waals surface area contributed by atoms with Crippen molar-refractivity contribution in [1.29, 1.82) is 0 Å². The topological polar surface area (TPSA) is 156 Å². The fourth-order valence-corrected chi connectivity index (χ4v) is 5.76. The summed E-state index contributed by atoms with van der Waals surface area (Å²) < 4.78 is 102. The number of carbonyl (C=O) groups is 2. The van der Waals surface area contributed by atoms with Gasteiger partial charge < -0.3 is 14.6 Å². The minimum absolute atomic E-state index is 0.0194. The van der Waals surface area contributed by atoms with Crippen LogP contribution in [0.2, 0.25) is 0 Å². The molecule has 1 aliphatic rings. The Balaban J connectivity index is 2.01. The number of nitrogens with one attached hydrogen (secondary N) is 1. The molecule has 2 aromatic carbocycles. The summed E-state index contributed by atoms with van der Waals surface area (Å²) in [5.41, 5.74) is -3.07. The molecule has 214 valence electrons. The van der Waals surface area contributed by atoms with Crippen molar-refractivity contribution in [3.63, 3.8) is 0 Å². The number of nitrogens with zero attached hydrogens (tertiary/aromatic N) is 1. The molecule has 0 aliphatic carbocycles. The Bertz CT molecular complexity index is 1490. The number of rotatable bonds is 8. The largest absolute Gasteiger partial charge is 0.486 e. The van der Waals surface area contributed by atoms with E-state index < -0.39 is 49.8 Å². The Hall–Kier alpha value is -3.53. The van der Waals surface area contributed by atoms with E-state index in [0.29, 0.717) is 13.8 Å². The van der Waals surface area contributed by atoms with Crippen molar-refractivity contribution in [2.45, 2.75) is 54.4 Å². The average molecular weight is 595 g/mol. The number of benzene rings is 2. The highest BCUT2D eigenvalue weighted by Gasteiger charge is 2.51. The summed E-state index contributed by atoms with van der Waals surface area (Å²) in [6.45, 7) is 0.938. The van der Waals surface area contributed by atoms with E-state index in [4.69, 9.17) is 9.84 Å². The zero-order chi connectivity index (χ0) is 29.4. The zero-order valence-corrected chi connectivity index (χ0v) is 22.5. The molecule has 0 radical (unpaired) electrons. The molecular formula is C23H25F3N2O9S2. The number of halogens is 3. The fraction of sp³-hybridized carbons (Fsp3) is 0.391. The molecule has 1 aliphatic heterocycles. The number of hydrogen-bond acceptors (Lipinski definition) is 8. The van der Waals surface area contributed by atoms with Crippen molar-refractivity contribution in [2.75, 3.05) is 22.4 Å². The van der Waals surface area contributed by atoms with Crippen LogP contribution < -0.4 is 14.4 Å². The van der Waals surface area contributed by atoms with Crippen molar-refractivity contribution in [3.8, 4) is 5.75 Å². The third kappa shape index (κ3) is 6.92. The van der Waals surface area contributed by atoms with Crippen molar-refractivity contribution >= 4 is 43.3 Å². The van der Waals surface area contributed by atoms with Gasteiger partial charge in [-0.25, -0.2) is 21.6 Å². The quantitative estimate of drug-likeness (QED) is 0.464. The molecule has 2 N–H and O–H groups in total. The number of sulfonamides is 1. The highest BCUT2D eigenvalue weighted by atomic mass is 32.2. The third-order valence-electron chi connectivity index (χ3n) is 5.67. The maximum atomic E-state index is 13.7. The minimum Gasteiger partial charge on any atom is -0.486 e. The predicted octanol–water partition coefficient (Wildman–Crippen LogP) is 3.80. The first-order chi connectivity index (χ1) is 17.8. The lowest BCUT2D eigenvalue weighted by molar-refractivity contribution is -0.242. The molecule has 0 spiro atoms. The van der Waals surface area contributed by atoms with Crippen LogP contribution in [0.15, 0.2) is 52.3 Å². The second kappa shape index (κ2) is 10.6. The van der Waals surface area contributed by atoms with Crippen LogP contribution in [-0.2, 0) is 29.4 Å². The lowest BCUT2D eigenvalue weighted by Crippen LogP contribution is -2.44. The van der Waals surface area contributed by atoms with Crippen LogP contribution in [0.3, 0.4) is 0 Å². The van der Waals surface area contributed by atoms with Gasteiger partial charge in [-0.1, -0.05) is 6.07 Å². The van der Waals surface area contributed by atoms with Crippen molar-refractivity contribution < 1.29 is 54.2 Å². The number of carboxylic acids is 1. The monoisotopic (exact) mass is 594 g/mol. The van der Waals surface area contributed by atoms with Gasteiger partial charge in [0.1, 0.15) is 11.9 Å². The van der Waals surface area contributed by atoms with E-state index >= 15 is 0 Å². The Labute approximate surface area is 222 Å². The van der Waals surface area contributed by atoms with Crippen LogP contribution in [0.5, 0.6) is 5.75 Å². The molecule has 0 fully saturated rings. The van der Waals surface area contributed by atoms with Crippen molar-refractivity contribution in [1.82, 2.24) is 0 Å².